The predicted molar refractivity (Wildman–Crippen MR) is 141 cm³/mol. The fraction of sp³-hybridized carbons (Fsp3) is 0.154. The number of ether oxygens (including phenoxy) is 1. The minimum Gasteiger partial charge on any atom is -0.497 e. The zero-order valence-electron chi connectivity index (χ0n) is 20.3. The Kier molecular flexibility index (Phi) is 7.91. The van der Waals surface area contributed by atoms with Crippen LogP contribution >= 0.6 is 12.2 Å². The van der Waals surface area contributed by atoms with Crippen LogP contribution in [0.1, 0.15) is 16.7 Å². The number of aryl methyl sites for hydroxylation is 1. The molecule has 1 aromatic heterocycles. The summed E-state index contributed by atoms with van der Waals surface area (Å²) in [6.45, 7) is 2.15. The van der Waals surface area contributed by atoms with E-state index < -0.39 is 17.8 Å². The third-order valence-corrected chi connectivity index (χ3v) is 5.73. The number of amides is 2. The summed E-state index contributed by atoms with van der Waals surface area (Å²) >= 11 is 5.21. The summed E-state index contributed by atoms with van der Waals surface area (Å²) in [6, 6.07) is 16.9. The molecule has 0 bridgehead atoms. The quantitative estimate of drug-likeness (QED) is 0.281. The van der Waals surface area contributed by atoms with E-state index in [4.69, 9.17) is 17.0 Å². The number of alkyl halides is 3. The molecule has 0 unspecified atom stereocenters. The number of halogens is 3. The van der Waals surface area contributed by atoms with Gasteiger partial charge >= 0.3 is 12.2 Å². The lowest BCUT2D eigenvalue weighted by Crippen LogP contribution is -2.41. The number of nitrogens with one attached hydrogen (secondary N) is 3. The third kappa shape index (κ3) is 6.65. The van der Waals surface area contributed by atoms with Gasteiger partial charge in [0, 0.05) is 17.8 Å². The number of methoxy groups -OCH3 is 1. The van der Waals surface area contributed by atoms with Crippen molar-refractivity contribution in [3.63, 3.8) is 0 Å². The van der Waals surface area contributed by atoms with Crippen molar-refractivity contribution in [2.24, 2.45) is 0 Å². The van der Waals surface area contributed by atoms with Crippen LogP contribution in [-0.4, -0.2) is 33.0 Å². The molecule has 3 N–H and O–H groups in total. The van der Waals surface area contributed by atoms with Crippen LogP contribution in [-0.2, 0) is 12.7 Å². The van der Waals surface area contributed by atoms with E-state index in [1.165, 1.54) is 23.1 Å². The van der Waals surface area contributed by atoms with Gasteiger partial charge in [-0.1, -0.05) is 24.3 Å². The van der Waals surface area contributed by atoms with E-state index in [0.717, 1.165) is 34.7 Å². The molecule has 0 atom stereocenters. The number of rotatable bonds is 6. The smallest absolute Gasteiger partial charge is 0.416 e. The van der Waals surface area contributed by atoms with Crippen molar-refractivity contribution in [3.05, 3.63) is 89.7 Å². The Hall–Kier alpha value is -4.45. The molecule has 196 valence electrons. The van der Waals surface area contributed by atoms with Crippen LogP contribution in [0.25, 0.3) is 17.1 Å². The van der Waals surface area contributed by atoms with E-state index in [1.54, 1.807) is 25.3 Å². The van der Waals surface area contributed by atoms with Gasteiger partial charge in [0.15, 0.2) is 10.9 Å². The van der Waals surface area contributed by atoms with E-state index in [9.17, 15) is 18.0 Å². The highest BCUT2D eigenvalue weighted by molar-refractivity contribution is 7.80. The number of anilines is 1. The molecule has 0 radical (unpaired) electrons. The Morgan fingerprint density at radius 1 is 1.05 bits per heavy atom. The second kappa shape index (κ2) is 11.3. The molecule has 4 aromatic rings. The summed E-state index contributed by atoms with van der Waals surface area (Å²) in [5.74, 6) is 1.13. The average Bonchev–Trinajstić information content (AvgIpc) is 3.39. The van der Waals surface area contributed by atoms with Crippen molar-refractivity contribution in [2.75, 3.05) is 12.4 Å². The summed E-state index contributed by atoms with van der Waals surface area (Å²) in [6.07, 6.45) is -2.97. The largest absolute Gasteiger partial charge is 0.497 e. The maximum atomic E-state index is 12.8. The van der Waals surface area contributed by atoms with Crippen molar-refractivity contribution in [1.82, 2.24) is 25.4 Å². The first kappa shape index (κ1) is 26.6. The first-order chi connectivity index (χ1) is 18.1. The molecule has 0 aliphatic rings. The highest BCUT2D eigenvalue weighted by Gasteiger charge is 2.30. The third-order valence-electron chi connectivity index (χ3n) is 5.53. The molecule has 0 fully saturated rings. The SMILES string of the molecule is COc1ccc(NC(=S)NC(=O)NCc2ccc(-c3ncn(-c4ccc(C(F)(F)F)cc4)n3)cc2)c(C)c1. The van der Waals surface area contributed by atoms with Gasteiger partial charge in [-0.25, -0.2) is 14.5 Å². The first-order valence-electron chi connectivity index (χ1n) is 11.3. The van der Waals surface area contributed by atoms with Crippen LogP contribution in [0.2, 0.25) is 0 Å². The van der Waals surface area contributed by atoms with Gasteiger partial charge in [-0.05, 0) is 72.7 Å². The van der Waals surface area contributed by atoms with Gasteiger partial charge in [-0.2, -0.15) is 13.2 Å². The average molecular weight is 541 g/mol. The number of carbonyl (C=O) groups excluding carboxylic acids is 1. The maximum absolute atomic E-state index is 12.8. The molecule has 38 heavy (non-hydrogen) atoms. The van der Waals surface area contributed by atoms with Gasteiger partial charge in [-0.15, -0.1) is 5.10 Å². The summed E-state index contributed by atoms with van der Waals surface area (Å²) in [7, 11) is 1.59. The number of benzene rings is 3. The minimum absolute atomic E-state index is 0.154. The summed E-state index contributed by atoms with van der Waals surface area (Å²) < 4.78 is 44.9. The number of thiocarbonyl (C=S) groups is 1. The van der Waals surface area contributed by atoms with Gasteiger partial charge < -0.3 is 15.4 Å². The number of hydrogen-bond acceptors (Lipinski definition) is 5. The topological polar surface area (TPSA) is 93.1 Å². The maximum Gasteiger partial charge on any atom is 0.416 e. The van der Waals surface area contributed by atoms with Gasteiger partial charge in [-0.3, -0.25) is 5.32 Å². The van der Waals surface area contributed by atoms with Crippen LogP contribution in [0, 0.1) is 6.92 Å². The molecular weight excluding hydrogens is 517 g/mol. The second-order valence-electron chi connectivity index (χ2n) is 8.20. The first-order valence-corrected chi connectivity index (χ1v) is 11.7. The number of hydrogen-bond donors (Lipinski definition) is 3. The lowest BCUT2D eigenvalue weighted by atomic mass is 10.1. The van der Waals surface area contributed by atoms with Crippen LogP contribution in [0.5, 0.6) is 5.75 Å². The molecule has 0 aliphatic heterocycles. The molecule has 3 aromatic carbocycles. The lowest BCUT2D eigenvalue weighted by molar-refractivity contribution is -0.137. The zero-order valence-corrected chi connectivity index (χ0v) is 21.2. The number of urea groups is 1. The van der Waals surface area contributed by atoms with E-state index >= 15 is 0 Å². The van der Waals surface area contributed by atoms with E-state index in [0.29, 0.717) is 17.1 Å². The standard InChI is InChI=1S/C26H23F3N6O2S/c1-16-13-21(37-2)11-12-22(16)32-25(38)33-24(36)30-14-17-3-5-18(6-4-17)23-31-15-35(34-23)20-9-7-19(8-10-20)26(27,28)29/h3-13,15H,14H2,1-2H3,(H3,30,32,33,36,38). The van der Waals surface area contributed by atoms with Crippen LogP contribution < -0.4 is 20.7 Å². The number of carbonyl (C=O) groups is 1. The zero-order chi connectivity index (χ0) is 27.3. The Labute approximate surface area is 221 Å². The molecule has 4 rings (SSSR count). The highest BCUT2D eigenvalue weighted by Crippen LogP contribution is 2.29. The summed E-state index contributed by atoms with van der Waals surface area (Å²) in [5, 5.41) is 12.8. The van der Waals surface area contributed by atoms with Crippen LogP contribution in [0.15, 0.2) is 73.1 Å². The Balaban J connectivity index is 1.29. The van der Waals surface area contributed by atoms with Gasteiger partial charge in [0.2, 0.25) is 0 Å². The Morgan fingerprint density at radius 2 is 1.76 bits per heavy atom. The van der Waals surface area contributed by atoms with Gasteiger partial charge in [0.25, 0.3) is 0 Å². The van der Waals surface area contributed by atoms with Crippen molar-refractivity contribution in [3.8, 4) is 22.8 Å². The molecule has 1 heterocycles. The fourth-order valence-electron chi connectivity index (χ4n) is 3.48. The molecule has 2 amide bonds. The molecule has 0 saturated heterocycles. The summed E-state index contributed by atoms with van der Waals surface area (Å²) in [4.78, 5) is 16.5. The normalized spacial score (nSPS) is 11.1. The molecule has 8 nitrogen and oxygen atoms in total. The molecule has 0 aliphatic carbocycles. The lowest BCUT2D eigenvalue weighted by Gasteiger charge is -2.13. The van der Waals surface area contributed by atoms with E-state index in [1.807, 2.05) is 31.2 Å². The predicted octanol–water partition coefficient (Wildman–Crippen LogP) is 5.47. The van der Waals surface area contributed by atoms with Crippen LogP contribution in [0.3, 0.4) is 0 Å². The van der Waals surface area contributed by atoms with Gasteiger partial charge in [0.05, 0.1) is 18.4 Å². The van der Waals surface area contributed by atoms with E-state index in [2.05, 4.69) is 26.0 Å². The highest BCUT2D eigenvalue weighted by atomic mass is 32.1. The van der Waals surface area contributed by atoms with Crippen molar-refractivity contribution < 1.29 is 22.7 Å². The summed E-state index contributed by atoms with van der Waals surface area (Å²) in [5.41, 5.74) is 2.93. The minimum atomic E-state index is -4.40. The van der Waals surface area contributed by atoms with E-state index in [-0.39, 0.29) is 11.7 Å². The van der Waals surface area contributed by atoms with Crippen LogP contribution in [0.4, 0.5) is 23.7 Å². The monoisotopic (exact) mass is 540 g/mol. The van der Waals surface area contributed by atoms with Crippen molar-refractivity contribution in [1.29, 1.82) is 0 Å². The Bertz CT molecular complexity index is 1440. The fourth-order valence-corrected chi connectivity index (χ4v) is 3.68. The molecule has 0 spiro atoms. The molecule has 0 saturated carbocycles. The number of aromatic nitrogens is 3. The van der Waals surface area contributed by atoms with Gasteiger partial charge in [0.1, 0.15) is 12.1 Å². The van der Waals surface area contributed by atoms with Crippen molar-refractivity contribution in [2.45, 2.75) is 19.6 Å². The molecular formula is C26H23F3N6O2S. The number of nitrogens with zero attached hydrogens (tertiary/aromatic N) is 3. The molecule has 12 heteroatoms. The van der Waals surface area contributed by atoms with Crippen molar-refractivity contribution >= 4 is 29.0 Å². The Morgan fingerprint density at radius 3 is 2.39 bits per heavy atom. The second-order valence-corrected chi connectivity index (χ2v) is 8.61.